The summed E-state index contributed by atoms with van der Waals surface area (Å²) < 4.78 is 0. The number of nitrogens with zero attached hydrogens (tertiary/aromatic N) is 2. The summed E-state index contributed by atoms with van der Waals surface area (Å²) in [5.74, 6) is 26.6. The van der Waals surface area contributed by atoms with Crippen LogP contribution in [-0.4, -0.2) is 49.1 Å². The van der Waals surface area contributed by atoms with Gasteiger partial charge in [-0.15, -0.1) is 0 Å². The van der Waals surface area contributed by atoms with Crippen molar-refractivity contribution < 1.29 is 0 Å². The second-order valence-electron chi connectivity index (χ2n) is 10.5. The standard InChI is InChI=1S/C42H40N2/c1(15-33-43(35-17-29-39-21-7-3-8-22-39)36-18-30-40-23-9-4-10-24-40)2-16-34-44(37-19-31-41-25-11-5-12-26-41)38-20-32-42-27-13-6-14-28-42/h3-14,21-28H,1-2,15-16,33-38H2. The van der Waals surface area contributed by atoms with E-state index in [1.807, 2.05) is 72.8 Å². The van der Waals surface area contributed by atoms with E-state index >= 15 is 0 Å². The lowest BCUT2D eigenvalue weighted by Gasteiger charge is -2.18. The van der Waals surface area contributed by atoms with Gasteiger partial charge in [0, 0.05) is 35.3 Å². The maximum absolute atomic E-state index is 3.36. The van der Waals surface area contributed by atoms with Gasteiger partial charge in [-0.25, -0.2) is 0 Å². The van der Waals surface area contributed by atoms with E-state index in [-0.39, 0.29) is 0 Å². The summed E-state index contributed by atoms with van der Waals surface area (Å²) >= 11 is 0. The quantitative estimate of drug-likeness (QED) is 0.137. The summed E-state index contributed by atoms with van der Waals surface area (Å²) in [7, 11) is 0. The summed E-state index contributed by atoms with van der Waals surface area (Å²) in [5, 5.41) is 0. The van der Waals surface area contributed by atoms with Crippen LogP contribution in [0.4, 0.5) is 0 Å². The fourth-order valence-corrected chi connectivity index (χ4v) is 4.55. The Kier molecular flexibility index (Phi) is 14.6. The number of hydrogen-bond acceptors (Lipinski definition) is 2. The zero-order chi connectivity index (χ0) is 30.3. The minimum absolute atomic E-state index is 0.715. The fourth-order valence-electron chi connectivity index (χ4n) is 4.55. The molecule has 4 rings (SSSR count). The number of rotatable bonds is 11. The lowest BCUT2D eigenvalue weighted by Crippen LogP contribution is -2.26. The van der Waals surface area contributed by atoms with Crippen molar-refractivity contribution in [1.82, 2.24) is 9.80 Å². The molecule has 0 bridgehead atoms. The number of unbranched alkanes of at least 4 members (excludes halogenated alkanes) is 3. The van der Waals surface area contributed by atoms with Gasteiger partial charge in [0.15, 0.2) is 0 Å². The Morgan fingerprint density at radius 2 is 0.568 bits per heavy atom. The van der Waals surface area contributed by atoms with Crippen LogP contribution >= 0.6 is 0 Å². The van der Waals surface area contributed by atoms with Gasteiger partial charge in [0.1, 0.15) is 0 Å². The lowest BCUT2D eigenvalue weighted by atomic mass is 10.1. The molecular formula is C42H40N2. The highest BCUT2D eigenvalue weighted by Crippen LogP contribution is 2.05. The first-order valence-electron chi connectivity index (χ1n) is 15.5. The molecule has 0 aromatic heterocycles. The number of benzene rings is 4. The van der Waals surface area contributed by atoms with Crippen LogP contribution < -0.4 is 0 Å². The molecule has 2 heteroatoms. The molecule has 0 atom stereocenters. The first-order valence-corrected chi connectivity index (χ1v) is 15.5. The van der Waals surface area contributed by atoms with Crippen LogP contribution in [-0.2, 0) is 0 Å². The lowest BCUT2D eigenvalue weighted by molar-refractivity contribution is 0.318. The van der Waals surface area contributed by atoms with Crippen molar-refractivity contribution in [3.05, 3.63) is 144 Å². The van der Waals surface area contributed by atoms with Gasteiger partial charge in [-0.2, -0.15) is 0 Å². The van der Waals surface area contributed by atoms with E-state index < -0.39 is 0 Å². The Bertz CT molecular complexity index is 1370. The number of hydrogen-bond donors (Lipinski definition) is 0. The minimum atomic E-state index is 0.715. The molecule has 0 fully saturated rings. The molecule has 0 aliphatic heterocycles. The van der Waals surface area contributed by atoms with E-state index in [0.717, 1.165) is 48.2 Å². The average molecular weight is 573 g/mol. The molecule has 44 heavy (non-hydrogen) atoms. The predicted octanol–water partition coefficient (Wildman–Crippen LogP) is 7.36. The molecule has 0 saturated carbocycles. The van der Waals surface area contributed by atoms with Gasteiger partial charge in [0.2, 0.25) is 0 Å². The second kappa shape index (κ2) is 20.0. The Morgan fingerprint density at radius 3 is 0.818 bits per heavy atom. The van der Waals surface area contributed by atoms with E-state index in [1.165, 1.54) is 12.8 Å². The van der Waals surface area contributed by atoms with E-state index in [0.29, 0.717) is 26.2 Å². The minimum Gasteiger partial charge on any atom is -0.281 e. The van der Waals surface area contributed by atoms with Crippen molar-refractivity contribution in [3.63, 3.8) is 0 Å². The highest BCUT2D eigenvalue weighted by molar-refractivity contribution is 5.36. The highest BCUT2D eigenvalue weighted by atomic mass is 15.1. The van der Waals surface area contributed by atoms with Gasteiger partial charge in [0.25, 0.3) is 0 Å². The largest absolute Gasteiger partial charge is 0.281 e. The molecule has 218 valence electrons. The molecule has 0 heterocycles. The molecule has 2 nitrogen and oxygen atoms in total. The van der Waals surface area contributed by atoms with E-state index in [4.69, 9.17) is 0 Å². The molecule has 0 unspecified atom stereocenters. The van der Waals surface area contributed by atoms with Gasteiger partial charge < -0.3 is 0 Å². The van der Waals surface area contributed by atoms with Gasteiger partial charge in [-0.1, -0.05) is 133 Å². The third-order valence-corrected chi connectivity index (χ3v) is 6.94. The Balaban J connectivity index is 1.25. The van der Waals surface area contributed by atoms with E-state index in [1.54, 1.807) is 0 Å². The first kappa shape index (κ1) is 32.0. The molecule has 0 N–H and O–H groups in total. The second-order valence-corrected chi connectivity index (χ2v) is 10.5. The third kappa shape index (κ3) is 13.3. The van der Waals surface area contributed by atoms with Crippen LogP contribution in [0.5, 0.6) is 0 Å². The molecule has 0 spiro atoms. The Labute approximate surface area is 265 Å². The highest BCUT2D eigenvalue weighted by Gasteiger charge is 2.04. The molecule has 0 aliphatic rings. The molecule has 4 aromatic carbocycles. The summed E-state index contributed by atoms with van der Waals surface area (Å²) in [6.07, 6.45) is 4.60. The topological polar surface area (TPSA) is 6.48 Å². The van der Waals surface area contributed by atoms with Crippen LogP contribution in [0, 0.1) is 47.4 Å². The van der Waals surface area contributed by atoms with Crippen LogP contribution in [0.2, 0.25) is 0 Å². The Hall–Kier alpha value is -4.96. The molecule has 0 saturated heterocycles. The van der Waals surface area contributed by atoms with Crippen molar-refractivity contribution in [2.24, 2.45) is 0 Å². The van der Waals surface area contributed by atoms with Crippen LogP contribution in [0.15, 0.2) is 121 Å². The molecule has 4 aromatic rings. The summed E-state index contributed by atoms with van der Waals surface area (Å²) in [6, 6.07) is 40.7. The SMILES string of the molecule is C(#Cc1ccccc1)CN(CC#Cc1ccccc1)CCCCCCN(CC#Cc1ccccc1)CC#Cc1ccccc1. The van der Waals surface area contributed by atoms with Crippen molar-refractivity contribution in [2.75, 3.05) is 39.3 Å². The molecular weight excluding hydrogens is 532 g/mol. The zero-order valence-electron chi connectivity index (χ0n) is 25.5. The van der Waals surface area contributed by atoms with Crippen LogP contribution in [0.3, 0.4) is 0 Å². The van der Waals surface area contributed by atoms with E-state index in [2.05, 4.69) is 106 Å². The van der Waals surface area contributed by atoms with Gasteiger partial charge in [-0.3, -0.25) is 9.80 Å². The van der Waals surface area contributed by atoms with Gasteiger partial charge >= 0.3 is 0 Å². The first-order chi connectivity index (χ1) is 21.8. The fraction of sp³-hybridized carbons (Fsp3) is 0.238. The maximum Gasteiger partial charge on any atom is 0.0613 e. The summed E-state index contributed by atoms with van der Waals surface area (Å²) in [6.45, 7) is 4.83. The molecule has 0 radical (unpaired) electrons. The summed E-state index contributed by atoms with van der Waals surface area (Å²) in [5.41, 5.74) is 4.20. The van der Waals surface area contributed by atoms with E-state index in [9.17, 15) is 0 Å². The van der Waals surface area contributed by atoms with Gasteiger partial charge in [0.05, 0.1) is 26.2 Å². The summed E-state index contributed by atoms with van der Waals surface area (Å²) in [4.78, 5) is 4.72. The third-order valence-electron chi connectivity index (χ3n) is 6.94. The van der Waals surface area contributed by atoms with Crippen LogP contribution in [0.1, 0.15) is 47.9 Å². The van der Waals surface area contributed by atoms with Crippen LogP contribution in [0.25, 0.3) is 0 Å². The monoisotopic (exact) mass is 572 g/mol. The normalized spacial score (nSPS) is 9.95. The Morgan fingerprint density at radius 1 is 0.318 bits per heavy atom. The van der Waals surface area contributed by atoms with Gasteiger partial charge in [-0.05, 0) is 61.4 Å². The van der Waals surface area contributed by atoms with Crippen molar-refractivity contribution in [1.29, 1.82) is 0 Å². The average Bonchev–Trinajstić information content (AvgIpc) is 3.07. The molecule has 0 amide bonds. The smallest absolute Gasteiger partial charge is 0.0613 e. The predicted molar refractivity (Wildman–Crippen MR) is 185 cm³/mol. The zero-order valence-corrected chi connectivity index (χ0v) is 25.5. The molecule has 0 aliphatic carbocycles. The van der Waals surface area contributed by atoms with Crippen molar-refractivity contribution >= 4 is 0 Å². The van der Waals surface area contributed by atoms with Crippen molar-refractivity contribution in [2.45, 2.75) is 25.7 Å². The van der Waals surface area contributed by atoms with Crippen molar-refractivity contribution in [3.8, 4) is 47.4 Å². The maximum atomic E-state index is 3.36.